The van der Waals surface area contributed by atoms with Crippen molar-refractivity contribution in [3.63, 3.8) is 0 Å². The molecule has 0 saturated heterocycles. The van der Waals surface area contributed by atoms with Gasteiger partial charge in [-0.3, -0.25) is 0 Å². The molecule has 14 heavy (non-hydrogen) atoms. The quantitative estimate of drug-likeness (QED) is 0.512. The molecule has 0 aromatic carbocycles. The largest absolute Gasteiger partial charge is 0.411 e. The van der Waals surface area contributed by atoms with Crippen molar-refractivity contribution in [2.24, 2.45) is 21.9 Å². The van der Waals surface area contributed by atoms with Gasteiger partial charge in [-0.25, -0.2) is 0 Å². The molecular formula is C11H16N2O. The second-order valence-electron chi connectivity index (χ2n) is 5.07. The maximum atomic E-state index is 8.96. The summed E-state index contributed by atoms with van der Waals surface area (Å²) in [6.45, 7) is 4.32. The van der Waals surface area contributed by atoms with E-state index in [1.54, 1.807) is 0 Å². The third-order valence-corrected chi connectivity index (χ3v) is 4.80. The van der Waals surface area contributed by atoms with Gasteiger partial charge in [0.25, 0.3) is 0 Å². The number of rotatable bonds is 1. The summed E-state index contributed by atoms with van der Waals surface area (Å²) in [6, 6.07) is 2.28. The Morgan fingerprint density at radius 2 is 2.36 bits per heavy atom. The van der Waals surface area contributed by atoms with E-state index >= 15 is 0 Å². The van der Waals surface area contributed by atoms with E-state index in [0.29, 0.717) is 12.3 Å². The Morgan fingerprint density at radius 3 is 2.86 bits per heavy atom. The highest BCUT2D eigenvalue weighted by molar-refractivity contribution is 5.93. The lowest BCUT2D eigenvalue weighted by atomic mass is 9.67. The molecular weight excluding hydrogens is 176 g/mol. The number of hydrogen-bond donors (Lipinski definition) is 1. The van der Waals surface area contributed by atoms with Crippen LogP contribution in [0.2, 0.25) is 0 Å². The highest BCUT2D eigenvalue weighted by Crippen LogP contribution is 2.65. The molecule has 0 unspecified atom stereocenters. The summed E-state index contributed by atoms with van der Waals surface area (Å²) >= 11 is 0. The third-order valence-electron chi connectivity index (χ3n) is 4.80. The molecule has 3 heteroatoms. The summed E-state index contributed by atoms with van der Waals surface area (Å²) in [5.74, 6) is 0.540. The Hall–Kier alpha value is -1.04. The lowest BCUT2D eigenvalue weighted by Gasteiger charge is -2.35. The number of oxime groups is 1. The monoisotopic (exact) mass is 192 g/mol. The molecule has 0 aromatic heterocycles. The molecule has 0 aliphatic heterocycles. The van der Waals surface area contributed by atoms with E-state index in [0.717, 1.165) is 18.6 Å². The summed E-state index contributed by atoms with van der Waals surface area (Å²) in [6.07, 6.45) is 3.70. The van der Waals surface area contributed by atoms with Crippen LogP contribution in [0.3, 0.4) is 0 Å². The average molecular weight is 192 g/mol. The Bertz CT molecular complexity index is 331. The highest BCUT2D eigenvalue weighted by Gasteiger charge is 2.62. The van der Waals surface area contributed by atoms with Crippen molar-refractivity contribution in [3.8, 4) is 6.07 Å². The summed E-state index contributed by atoms with van der Waals surface area (Å²) in [5.41, 5.74) is 0.900. The lowest BCUT2D eigenvalue weighted by molar-refractivity contribution is 0.168. The molecule has 3 atom stereocenters. The van der Waals surface area contributed by atoms with E-state index in [4.69, 9.17) is 10.5 Å². The molecule has 2 aliphatic carbocycles. The minimum Gasteiger partial charge on any atom is -0.411 e. The van der Waals surface area contributed by atoms with Gasteiger partial charge >= 0.3 is 0 Å². The number of nitriles is 1. The molecule has 76 valence electrons. The average Bonchev–Trinajstić information content (AvgIpc) is 2.51. The molecule has 2 bridgehead atoms. The molecule has 2 fully saturated rings. The molecule has 0 amide bonds. The predicted molar refractivity (Wildman–Crippen MR) is 53.0 cm³/mol. The fourth-order valence-corrected chi connectivity index (χ4v) is 3.43. The second kappa shape index (κ2) is 2.73. The zero-order valence-corrected chi connectivity index (χ0v) is 8.75. The van der Waals surface area contributed by atoms with Crippen LogP contribution >= 0.6 is 0 Å². The first kappa shape index (κ1) is 9.51. The van der Waals surface area contributed by atoms with E-state index < -0.39 is 0 Å². The first-order valence-electron chi connectivity index (χ1n) is 5.17. The van der Waals surface area contributed by atoms with Crippen molar-refractivity contribution >= 4 is 5.71 Å². The van der Waals surface area contributed by atoms with E-state index in [1.165, 1.54) is 6.42 Å². The van der Waals surface area contributed by atoms with Crippen molar-refractivity contribution < 1.29 is 5.21 Å². The third kappa shape index (κ3) is 0.841. The Balaban J connectivity index is 2.43. The molecule has 0 spiro atoms. The van der Waals surface area contributed by atoms with Crippen LogP contribution < -0.4 is 0 Å². The SMILES string of the molecule is C[C@]12CC[C@H](C/C1=N\O)[C@]2(C)CC#N. The van der Waals surface area contributed by atoms with Crippen molar-refractivity contribution in [3.05, 3.63) is 0 Å². The standard InChI is InChI=1S/C11H16N2O/c1-10(5-6-12)8-3-4-11(10,2)9(7-8)13-14/h8,14H,3-5,7H2,1-2H3/b13-9+/t8-,10+,11+/m1/s1. The molecule has 0 heterocycles. The van der Waals surface area contributed by atoms with Crippen LogP contribution in [-0.2, 0) is 0 Å². The molecule has 2 saturated carbocycles. The first-order chi connectivity index (χ1) is 6.58. The van der Waals surface area contributed by atoms with Crippen molar-refractivity contribution in [2.75, 3.05) is 0 Å². The molecule has 0 aromatic rings. The van der Waals surface area contributed by atoms with Gasteiger partial charge in [0.1, 0.15) is 0 Å². The molecule has 1 N–H and O–H groups in total. The van der Waals surface area contributed by atoms with Crippen LogP contribution in [-0.4, -0.2) is 10.9 Å². The van der Waals surface area contributed by atoms with E-state index in [2.05, 4.69) is 25.1 Å². The highest BCUT2D eigenvalue weighted by atomic mass is 16.4. The first-order valence-corrected chi connectivity index (χ1v) is 5.17. The Morgan fingerprint density at radius 1 is 1.64 bits per heavy atom. The zero-order chi connectivity index (χ0) is 10.4. The summed E-state index contributed by atoms with van der Waals surface area (Å²) in [7, 11) is 0. The Kier molecular flexibility index (Phi) is 1.85. The van der Waals surface area contributed by atoms with Gasteiger partial charge in [-0.1, -0.05) is 19.0 Å². The summed E-state index contributed by atoms with van der Waals surface area (Å²) in [5, 5.41) is 21.3. The minimum absolute atomic E-state index is 0.0311. The van der Waals surface area contributed by atoms with Crippen LogP contribution in [0.4, 0.5) is 0 Å². The van der Waals surface area contributed by atoms with E-state index in [9.17, 15) is 0 Å². The van der Waals surface area contributed by atoms with Gasteiger partial charge in [0.2, 0.25) is 0 Å². The van der Waals surface area contributed by atoms with Gasteiger partial charge in [0.15, 0.2) is 0 Å². The number of hydrogen-bond acceptors (Lipinski definition) is 3. The van der Waals surface area contributed by atoms with Crippen LogP contribution in [0.15, 0.2) is 5.16 Å². The zero-order valence-electron chi connectivity index (χ0n) is 8.75. The summed E-state index contributed by atoms with van der Waals surface area (Å²) in [4.78, 5) is 0. The summed E-state index contributed by atoms with van der Waals surface area (Å²) < 4.78 is 0. The van der Waals surface area contributed by atoms with Gasteiger partial charge < -0.3 is 5.21 Å². The van der Waals surface area contributed by atoms with Gasteiger partial charge in [-0.2, -0.15) is 5.26 Å². The molecule has 3 nitrogen and oxygen atoms in total. The smallest absolute Gasteiger partial charge is 0.0638 e. The topological polar surface area (TPSA) is 56.4 Å². The molecule has 2 rings (SSSR count). The fraction of sp³-hybridized carbons (Fsp3) is 0.818. The van der Waals surface area contributed by atoms with E-state index in [-0.39, 0.29) is 10.8 Å². The van der Waals surface area contributed by atoms with Gasteiger partial charge in [-0.15, -0.1) is 0 Å². The second-order valence-corrected chi connectivity index (χ2v) is 5.07. The number of nitrogens with zero attached hydrogens (tertiary/aromatic N) is 2. The fourth-order valence-electron chi connectivity index (χ4n) is 3.43. The van der Waals surface area contributed by atoms with Crippen molar-refractivity contribution in [1.82, 2.24) is 0 Å². The van der Waals surface area contributed by atoms with Gasteiger partial charge in [0, 0.05) is 11.8 Å². The van der Waals surface area contributed by atoms with Crippen LogP contribution in [0.1, 0.15) is 39.5 Å². The predicted octanol–water partition coefficient (Wildman–Crippen LogP) is 2.56. The van der Waals surface area contributed by atoms with Crippen LogP contribution in [0.25, 0.3) is 0 Å². The van der Waals surface area contributed by atoms with Crippen molar-refractivity contribution in [1.29, 1.82) is 5.26 Å². The lowest BCUT2D eigenvalue weighted by Crippen LogP contribution is -2.34. The maximum Gasteiger partial charge on any atom is 0.0638 e. The minimum atomic E-state index is -0.0395. The van der Waals surface area contributed by atoms with Crippen LogP contribution in [0.5, 0.6) is 0 Å². The Labute approximate surface area is 84.4 Å². The normalized spacial score (nSPS) is 48.4. The maximum absolute atomic E-state index is 8.96. The molecule has 2 aliphatic rings. The molecule has 0 radical (unpaired) electrons. The van der Waals surface area contributed by atoms with E-state index in [1.807, 2.05) is 0 Å². The van der Waals surface area contributed by atoms with Gasteiger partial charge in [0.05, 0.1) is 11.8 Å². The van der Waals surface area contributed by atoms with Crippen molar-refractivity contribution in [2.45, 2.75) is 39.5 Å². The number of fused-ring (bicyclic) bond motifs is 2. The van der Waals surface area contributed by atoms with Crippen LogP contribution in [0, 0.1) is 28.1 Å². The van der Waals surface area contributed by atoms with Gasteiger partial charge in [-0.05, 0) is 30.6 Å².